The largest absolute Gasteiger partial charge is 0.324 e. The molecule has 5 heteroatoms. The molecule has 3 aromatic rings. The Morgan fingerprint density at radius 1 is 0.935 bits per heavy atom. The lowest BCUT2D eigenvalue weighted by molar-refractivity contribution is -0.127. The quantitative estimate of drug-likeness (QED) is 0.627. The predicted molar refractivity (Wildman–Crippen MR) is 123 cm³/mol. The molecule has 0 unspecified atom stereocenters. The van der Waals surface area contributed by atoms with Crippen molar-refractivity contribution in [1.82, 2.24) is 4.90 Å². The van der Waals surface area contributed by atoms with Crippen LogP contribution < -0.4 is 5.32 Å². The standard InChI is InChI=1S/C26H22N2O2S/c29-24(18-11-5-2-6-12-18)23-22(17-9-3-1-4-10-17)21-15-31-16-28(21)26(23)19-13-7-8-14-20(19)27-25(26)30/h1-14,21-23H,15-16H2,(H,27,30)/t21-,22+,23+,26-/m1/s1. The summed E-state index contributed by atoms with van der Waals surface area (Å²) in [6, 6.07) is 27.7. The fraction of sp³-hybridized carbons (Fsp3) is 0.231. The van der Waals surface area contributed by atoms with Crippen molar-refractivity contribution in [3.8, 4) is 0 Å². The van der Waals surface area contributed by atoms with Gasteiger partial charge in [-0.15, -0.1) is 11.8 Å². The summed E-state index contributed by atoms with van der Waals surface area (Å²) in [5.74, 6) is 1.08. The maximum absolute atomic E-state index is 14.2. The van der Waals surface area contributed by atoms with E-state index in [9.17, 15) is 9.59 Å². The van der Waals surface area contributed by atoms with Crippen molar-refractivity contribution < 1.29 is 9.59 Å². The number of para-hydroxylation sites is 1. The van der Waals surface area contributed by atoms with Crippen molar-refractivity contribution in [3.05, 3.63) is 102 Å². The first-order valence-electron chi connectivity index (χ1n) is 10.6. The van der Waals surface area contributed by atoms with Crippen LogP contribution in [0.5, 0.6) is 0 Å². The number of hydrogen-bond acceptors (Lipinski definition) is 4. The highest BCUT2D eigenvalue weighted by Crippen LogP contribution is 2.61. The SMILES string of the molecule is O=C(c1ccccc1)[C@@H]1[C@@H](c2ccccc2)[C@H]2CSCN2[C@@]12C(=O)Nc1ccccc12. The zero-order valence-corrected chi connectivity index (χ0v) is 17.7. The first-order chi connectivity index (χ1) is 15.2. The van der Waals surface area contributed by atoms with E-state index in [-0.39, 0.29) is 23.7 Å². The Balaban J connectivity index is 1.62. The molecule has 4 nitrogen and oxygen atoms in total. The Kier molecular flexibility index (Phi) is 4.30. The first kappa shape index (κ1) is 18.8. The maximum Gasteiger partial charge on any atom is 0.250 e. The van der Waals surface area contributed by atoms with E-state index in [2.05, 4.69) is 22.3 Å². The second-order valence-electron chi connectivity index (χ2n) is 8.45. The minimum Gasteiger partial charge on any atom is -0.324 e. The summed E-state index contributed by atoms with van der Waals surface area (Å²) < 4.78 is 0. The number of anilines is 1. The van der Waals surface area contributed by atoms with E-state index in [4.69, 9.17) is 0 Å². The number of fused-ring (bicyclic) bond motifs is 4. The Hall–Kier alpha value is -2.89. The van der Waals surface area contributed by atoms with E-state index in [1.165, 1.54) is 0 Å². The Bertz CT molecular complexity index is 1170. The van der Waals surface area contributed by atoms with Gasteiger partial charge in [0.15, 0.2) is 5.78 Å². The summed E-state index contributed by atoms with van der Waals surface area (Å²) in [4.78, 5) is 30.3. The van der Waals surface area contributed by atoms with Crippen LogP contribution in [0.4, 0.5) is 5.69 Å². The number of carbonyl (C=O) groups excluding carboxylic acids is 2. The molecule has 3 aromatic carbocycles. The Labute approximate surface area is 185 Å². The number of nitrogens with zero attached hydrogens (tertiary/aromatic N) is 1. The highest BCUT2D eigenvalue weighted by molar-refractivity contribution is 7.99. The molecular formula is C26H22N2O2S. The van der Waals surface area contributed by atoms with E-state index in [1.54, 1.807) is 0 Å². The second-order valence-corrected chi connectivity index (χ2v) is 9.45. The number of hydrogen-bond donors (Lipinski definition) is 1. The lowest BCUT2D eigenvalue weighted by atomic mass is 9.69. The van der Waals surface area contributed by atoms with Gasteiger partial charge in [0.1, 0.15) is 5.54 Å². The molecular weight excluding hydrogens is 404 g/mol. The number of amides is 1. The highest BCUT2D eigenvalue weighted by Gasteiger charge is 2.69. The first-order valence-corrected chi connectivity index (χ1v) is 11.8. The van der Waals surface area contributed by atoms with Crippen LogP contribution in [0.3, 0.4) is 0 Å². The van der Waals surface area contributed by atoms with Crippen molar-refractivity contribution >= 4 is 29.1 Å². The number of carbonyl (C=O) groups is 2. The van der Waals surface area contributed by atoms with Crippen molar-refractivity contribution in [1.29, 1.82) is 0 Å². The molecule has 0 saturated carbocycles. The molecule has 1 spiro atoms. The Morgan fingerprint density at radius 3 is 2.39 bits per heavy atom. The molecule has 3 aliphatic rings. The molecule has 0 bridgehead atoms. The average molecular weight is 427 g/mol. The molecule has 6 rings (SSSR count). The normalized spacial score (nSPS) is 29.0. The molecule has 154 valence electrons. The van der Waals surface area contributed by atoms with Crippen LogP contribution in [0.1, 0.15) is 27.4 Å². The van der Waals surface area contributed by atoms with Crippen LogP contribution in [0.2, 0.25) is 0 Å². The predicted octanol–water partition coefficient (Wildman–Crippen LogP) is 4.51. The summed E-state index contributed by atoms with van der Waals surface area (Å²) in [5.41, 5.74) is 2.56. The van der Waals surface area contributed by atoms with Crippen LogP contribution in [-0.4, -0.2) is 34.3 Å². The minimum absolute atomic E-state index is 0.0423. The average Bonchev–Trinajstić information content (AvgIpc) is 3.48. The van der Waals surface area contributed by atoms with E-state index in [0.717, 1.165) is 28.4 Å². The Morgan fingerprint density at radius 2 is 1.61 bits per heavy atom. The van der Waals surface area contributed by atoms with Gasteiger partial charge in [0.05, 0.1) is 5.92 Å². The van der Waals surface area contributed by atoms with Gasteiger partial charge in [-0.25, -0.2) is 0 Å². The minimum atomic E-state index is -0.988. The summed E-state index contributed by atoms with van der Waals surface area (Å²) in [7, 11) is 0. The van der Waals surface area contributed by atoms with Crippen molar-refractivity contribution in [3.63, 3.8) is 0 Å². The maximum atomic E-state index is 14.2. The highest BCUT2D eigenvalue weighted by atomic mass is 32.2. The van der Waals surface area contributed by atoms with Gasteiger partial charge in [0.2, 0.25) is 5.91 Å². The van der Waals surface area contributed by atoms with E-state index in [1.807, 2.05) is 84.6 Å². The number of rotatable bonds is 3. The molecule has 31 heavy (non-hydrogen) atoms. The van der Waals surface area contributed by atoms with E-state index >= 15 is 0 Å². The summed E-state index contributed by atoms with van der Waals surface area (Å²) in [6.07, 6.45) is 0. The van der Waals surface area contributed by atoms with Gasteiger partial charge in [-0.3, -0.25) is 14.5 Å². The fourth-order valence-electron chi connectivity index (χ4n) is 5.86. The monoisotopic (exact) mass is 426 g/mol. The number of Topliss-reactive ketones (excluding diaryl/α,β-unsaturated/α-hetero) is 1. The van der Waals surface area contributed by atoms with Gasteiger partial charge >= 0.3 is 0 Å². The molecule has 3 heterocycles. The third-order valence-corrected chi connectivity index (χ3v) is 8.09. The third kappa shape index (κ3) is 2.54. The van der Waals surface area contributed by atoms with Crippen LogP contribution in [-0.2, 0) is 10.3 Å². The number of nitrogens with one attached hydrogen (secondary N) is 1. The summed E-state index contributed by atoms with van der Waals surface area (Å²) in [6.45, 7) is 0. The molecule has 4 atom stereocenters. The van der Waals surface area contributed by atoms with Crippen LogP contribution >= 0.6 is 11.8 Å². The van der Waals surface area contributed by atoms with Crippen LogP contribution in [0.25, 0.3) is 0 Å². The third-order valence-electron chi connectivity index (χ3n) is 7.05. The van der Waals surface area contributed by atoms with Gasteiger partial charge in [0.25, 0.3) is 0 Å². The van der Waals surface area contributed by atoms with Gasteiger partial charge in [-0.05, 0) is 11.6 Å². The van der Waals surface area contributed by atoms with E-state index in [0.29, 0.717) is 5.56 Å². The smallest absolute Gasteiger partial charge is 0.250 e. The topological polar surface area (TPSA) is 49.4 Å². The summed E-state index contributed by atoms with van der Waals surface area (Å²) >= 11 is 1.85. The zero-order chi connectivity index (χ0) is 21.0. The summed E-state index contributed by atoms with van der Waals surface area (Å²) in [5, 5.41) is 3.11. The van der Waals surface area contributed by atoms with Gasteiger partial charge in [-0.2, -0.15) is 0 Å². The van der Waals surface area contributed by atoms with Gasteiger partial charge in [-0.1, -0.05) is 78.9 Å². The molecule has 0 radical (unpaired) electrons. The molecule has 0 aromatic heterocycles. The number of benzene rings is 3. The van der Waals surface area contributed by atoms with Crippen LogP contribution in [0.15, 0.2) is 84.9 Å². The molecule has 1 N–H and O–H groups in total. The van der Waals surface area contributed by atoms with Crippen LogP contribution in [0, 0.1) is 5.92 Å². The fourth-order valence-corrected chi connectivity index (χ4v) is 7.19. The van der Waals surface area contributed by atoms with Crippen molar-refractivity contribution in [2.45, 2.75) is 17.5 Å². The lowest BCUT2D eigenvalue weighted by Crippen LogP contribution is -2.52. The molecule has 2 fully saturated rings. The van der Waals surface area contributed by atoms with E-state index < -0.39 is 11.5 Å². The second kappa shape index (κ2) is 7.08. The molecule has 3 aliphatic heterocycles. The molecule has 0 aliphatic carbocycles. The number of thioether (sulfide) groups is 1. The molecule has 1 amide bonds. The van der Waals surface area contributed by atoms with Gasteiger partial charge < -0.3 is 5.32 Å². The number of ketones is 1. The van der Waals surface area contributed by atoms with Gasteiger partial charge in [0, 0.05) is 40.4 Å². The zero-order valence-electron chi connectivity index (χ0n) is 16.9. The molecule has 2 saturated heterocycles. The van der Waals surface area contributed by atoms with Crippen molar-refractivity contribution in [2.24, 2.45) is 5.92 Å². The lowest BCUT2D eigenvalue weighted by Gasteiger charge is -2.36. The van der Waals surface area contributed by atoms with Crippen molar-refractivity contribution in [2.75, 3.05) is 16.9 Å².